The van der Waals surface area contributed by atoms with Gasteiger partial charge in [-0.1, -0.05) is 34.7 Å². The van der Waals surface area contributed by atoms with Crippen molar-refractivity contribution in [2.75, 3.05) is 5.32 Å². The fourth-order valence-corrected chi connectivity index (χ4v) is 5.65. The number of halogens is 2. The van der Waals surface area contributed by atoms with Crippen molar-refractivity contribution in [3.05, 3.63) is 28.7 Å². The minimum atomic E-state index is -0.0713. The fraction of sp³-hybridized carbons (Fsp3) is 0.438. The summed E-state index contributed by atoms with van der Waals surface area (Å²) in [6.45, 7) is 0. The molecule has 0 saturated heterocycles. The number of anilines is 1. The third-order valence-corrected chi connectivity index (χ3v) is 7.30. The highest BCUT2D eigenvalue weighted by Gasteiger charge is 2.49. The van der Waals surface area contributed by atoms with Crippen molar-refractivity contribution in [2.45, 2.75) is 34.5 Å². The number of aromatic nitrogens is 2. The summed E-state index contributed by atoms with van der Waals surface area (Å²) in [4.78, 5) is 13.5. The van der Waals surface area contributed by atoms with E-state index in [1.165, 1.54) is 29.5 Å². The summed E-state index contributed by atoms with van der Waals surface area (Å²) in [5.41, 5.74) is 8.64. The molecule has 4 unspecified atom stereocenters. The van der Waals surface area contributed by atoms with Crippen LogP contribution in [0.1, 0.15) is 19.3 Å². The Morgan fingerprint density at radius 2 is 2.16 bits per heavy atom. The van der Waals surface area contributed by atoms with Crippen molar-refractivity contribution in [3.8, 4) is 0 Å². The van der Waals surface area contributed by atoms with Gasteiger partial charge in [0.2, 0.25) is 5.91 Å². The molecule has 5 nitrogen and oxygen atoms in total. The zero-order valence-corrected chi connectivity index (χ0v) is 16.4. The molecular formula is C16H18Cl2N4OS2. The third kappa shape index (κ3) is 3.80. The monoisotopic (exact) mass is 416 g/mol. The molecule has 0 radical (unpaired) electrons. The number of carbonyl (C=O) groups is 1. The summed E-state index contributed by atoms with van der Waals surface area (Å²) in [7, 11) is 0. The molecule has 3 N–H and O–H groups in total. The maximum absolute atomic E-state index is 12.6. The third-order valence-electron chi connectivity index (χ3n) is 5.02. The van der Waals surface area contributed by atoms with Gasteiger partial charge in [-0.2, -0.15) is 0 Å². The highest BCUT2D eigenvalue weighted by Crippen LogP contribution is 2.48. The van der Waals surface area contributed by atoms with Gasteiger partial charge >= 0.3 is 0 Å². The first-order chi connectivity index (χ1) is 11.6. The first-order valence-electron chi connectivity index (χ1n) is 7.92. The van der Waals surface area contributed by atoms with Crippen LogP contribution in [0.2, 0.25) is 5.02 Å². The second-order valence-corrected chi connectivity index (χ2v) is 8.91. The van der Waals surface area contributed by atoms with Crippen molar-refractivity contribution in [1.82, 2.24) is 10.2 Å². The lowest BCUT2D eigenvalue weighted by molar-refractivity contribution is -0.121. The van der Waals surface area contributed by atoms with E-state index in [0.29, 0.717) is 22.5 Å². The Bertz CT molecular complexity index is 757. The Morgan fingerprint density at radius 1 is 1.36 bits per heavy atom. The Labute approximate surface area is 165 Å². The lowest BCUT2D eigenvalue weighted by atomic mass is 9.84. The van der Waals surface area contributed by atoms with E-state index in [1.807, 2.05) is 12.1 Å². The SMILES string of the molecule is Cl.NC1C2CCC(C2)C1C(=O)Nc1ccc(Sc2nncs2)c(Cl)c1. The number of fused-ring (bicyclic) bond motifs is 2. The lowest BCUT2D eigenvalue weighted by Gasteiger charge is -2.27. The van der Waals surface area contributed by atoms with Crippen LogP contribution >= 0.6 is 47.1 Å². The predicted octanol–water partition coefficient (Wildman–Crippen LogP) is 4.08. The standard InChI is InChI=1S/C16H17ClN4OS2.ClH/c17-11-6-10(3-4-12(11)24-16-21-19-7-23-16)20-15(22)13-8-1-2-9(5-8)14(13)18;/h3-4,6-9,13-14H,1-2,5,18H2,(H,20,22);1H. The minimum absolute atomic E-state index is 0. The van der Waals surface area contributed by atoms with Crippen LogP contribution in [0.5, 0.6) is 0 Å². The molecule has 0 spiro atoms. The summed E-state index contributed by atoms with van der Waals surface area (Å²) in [6, 6.07) is 5.53. The normalized spacial score (nSPS) is 27.1. The molecule has 4 atom stereocenters. The van der Waals surface area contributed by atoms with Crippen LogP contribution in [0.4, 0.5) is 5.69 Å². The zero-order valence-electron chi connectivity index (χ0n) is 13.2. The molecule has 2 aromatic rings. The van der Waals surface area contributed by atoms with Gasteiger partial charge in [-0.25, -0.2) is 0 Å². The molecule has 0 aliphatic heterocycles. The summed E-state index contributed by atoms with van der Waals surface area (Å²) in [6.07, 6.45) is 3.38. The summed E-state index contributed by atoms with van der Waals surface area (Å²) >= 11 is 9.27. The number of nitrogens with one attached hydrogen (secondary N) is 1. The number of hydrogen-bond acceptors (Lipinski definition) is 6. The predicted molar refractivity (Wildman–Crippen MR) is 104 cm³/mol. The summed E-state index contributed by atoms with van der Waals surface area (Å²) < 4.78 is 0.835. The Hall–Kier alpha value is -0.860. The van der Waals surface area contributed by atoms with Crippen LogP contribution in [0.15, 0.2) is 32.9 Å². The van der Waals surface area contributed by atoms with Crippen molar-refractivity contribution >= 4 is 58.7 Å². The topological polar surface area (TPSA) is 80.9 Å². The number of hydrogen-bond donors (Lipinski definition) is 2. The van der Waals surface area contributed by atoms with E-state index >= 15 is 0 Å². The molecule has 1 aromatic heterocycles. The van der Waals surface area contributed by atoms with E-state index < -0.39 is 0 Å². The Balaban J connectivity index is 0.00000182. The maximum atomic E-state index is 12.6. The second-order valence-electron chi connectivity index (χ2n) is 6.38. The molecule has 9 heteroatoms. The van der Waals surface area contributed by atoms with Crippen molar-refractivity contribution in [2.24, 2.45) is 23.5 Å². The number of amides is 1. The van der Waals surface area contributed by atoms with E-state index in [-0.39, 0.29) is 30.3 Å². The van der Waals surface area contributed by atoms with Gasteiger partial charge in [0.1, 0.15) is 5.51 Å². The van der Waals surface area contributed by atoms with Gasteiger partial charge in [0, 0.05) is 16.6 Å². The Morgan fingerprint density at radius 3 is 2.80 bits per heavy atom. The molecule has 2 fully saturated rings. The molecule has 4 rings (SSSR count). The number of benzene rings is 1. The van der Waals surface area contributed by atoms with Gasteiger partial charge in [0.25, 0.3) is 0 Å². The number of nitrogens with two attached hydrogens (primary N) is 1. The Kier molecular flexibility index (Phi) is 5.90. The highest BCUT2D eigenvalue weighted by molar-refractivity contribution is 8.01. The van der Waals surface area contributed by atoms with Gasteiger partial charge in [-0.05, 0) is 49.3 Å². The van der Waals surface area contributed by atoms with Gasteiger partial charge in [0.05, 0.1) is 10.9 Å². The second kappa shape index (κ2) is 7.80. The van der Waals surface area contributed by atoms with Gasteiger partial charge in [0.15, 0.2) is 4.34 Å². The van der Waals surface area contributed by atoms with E-state index in [1.54, 1.807) is 11.6 Å². The summed E-state index contributed by atoms with van der Waals surface area (Å²) in [5.74, 6) is 0.904. The van der Waals surface area contributed by atoms with Gasteiger partial charge < -0.3 is 11.1 Å². The number of nitrogens with zero attached hydrogens (tertiary/aromatic N) is 2. The van der Waals surface area contributed by atoms with Crippen molar-refractivity contribution in [1.29, 1.82) is 0 Å². The van der Waals surface area contributed by atoms with Crippen LogP contribution in [0.3, 0.4) is 0 Å². The van der Waals surface area contributed by atoms with E-state index in [4.69, 9.17) is 17.3 Å². The summed E-state index contributed by atoms with van der Waals surface area (Å²) in [5, 5.41) is 11.4. The molecule has 2 aliphatic carbocycles. The van der Waals surface area contributed by atoms with Gasteiger partial charge in [-0.15, -0.1) is 22.6 Å². The van der Waals surface area contributed by atoms with Crippen LogP contribution in [-0.2, 0) is 4.79 Å². The first-order valence-corrected chi connectivity index (χ1v) is 9.99. The van der Waals surface area contributed by atoms with Gasteiger partial charge in [-0.3, -0.25) is 4.79 Å². The molecule has 1 aromatic carbocycles. The quantitative estimate of drug-likeness (QED) is 0.784. The largest absolute Gasteiger partial charge is 0.327 e. The average molecular weight is 417 g/mol. The molecule has 1 heterocycles. The van der Waals surface area contributed by atoms with Crippen LogP contribution < -0.4 is 11.1 Å². The van der Waals surface area contributed by atoms with Crippen molar-refractivity contribution < 1.29 is 4.79 Å². The fourth-order valence-electron chi connectivity index (χ4n) is 3.91. The van der Waals surface area contributed by atoms with Crippen LogP contribution in [-0.4, -0.2) is 22.1 Å². The van der Waals surface area contributed by atoms with E-state index in [0.717, 1.165) is 22.1 Å². The number of carbonyl (C=O) groups excluding carboxylic acids is 1. The number of rotatable bonds is 4. The molecular weight excluding hydrogens is 399 g/mol. The molecule has 134 valence electrons. The van der Waals surface area contributed by atoms with Crippen molar-refractivity contribution in [3.63, 3.8) is 0 Å². The zero-order chi connectivity index (χ0) is 16.7. The molecule has 2 aliphatic rings. The maximum Gasteiger partial charge on any atom is 0.229 e. The lowest BCUT2D eigenvalue weighted by Crippen LogP contribution is -2.42. The van der Waals surface area contributed by atoms with Crippen LogP contribution in [0, 0.1) is 17.8 Å². The molecule has 2 bridgehead atoms. The average Bonchev–Trinajstić information content (AvgIpc) is 3.27. The molecule has 2 saturated carbocycles. The smallest absolute Gasteiger partial charge is 0.229 e. The minimum Gasteiger partial charge on any atom is -0.327 e. The van der Waals surface area contributed by atoms with E-state index in [2.05, 4.69) is 15.5 Å². The van der Waals surface area contributed by atoms with E-state index in [9.17, 15) is 4.79 Å². The highest BCUT2D eigenvalue weighted by atomic mass is 35.5. The molecule has 25 heavy (non-hydrogen) atoms. The van der Waals surface area contributed by atoms with Crippen LogP contribution in [0.25, 0.3) is 0 Å². The first kappa shape index (κ1) is 18.9. The molecule has 1 amide bonds.